The molecule has 4 rings (SSSR count). The van der Waals surface area contributed by atoms with Crippen molar-refractivity contribution in [3.63, 3.8) is 0 Å². The lowest BCUT2D eigenvalue weighted by atomic mass is 10.0. The van der Waals surface area contributed by atoms with Gasteiger partial charge in [-0.2, -0.15) is 4.98 Å². The average Bonchev–Trinajstić information content (AvgIpc) is 3.52. The number of ether oxygens (including phenoxy) is 1. The monoisotopic (exact) mass is 346 g/mol. The zero-order valence-electron chi connectivity index (χ0n) is 14.1. The number of rotatable bonds is 6. The fourth-order valence-electron chi connectivity index (χ4n) is 2.85. The maximum Gasteiger partial charge on any atom is 0.337 e. The summed E-state index contributed by atoms with van der Waals surface area (Å²) in [4.78, 5) is 16.2. The van der Waals surface area contributed by atoms with E-state index < -0.39 is 12.0 Å². The number of nitrogens with two attached hydrogens (primary N) is 1. The van der Waals surface area contributed by atoms with E-state index >= 15 is 0 Å². The van der Waals surface area contributed by atoms with Gasteiger partial charge in [0.15, 0.2) is 6.10 Å². The lowest BCUT2D eigenvalue weighted by Gasteiger charge is -2.15. The van der Waals surface area contributed by atoms with Gasteiger partial charge in [0.2, 0.25) is 0 Å². The van der Waals surface area contributed by atoms with Crippen molar-refractivity contribution in [1.82, 2.24) is 15.2 Å². The molecule has 0 bridgehead atoms. The normalized spacial score (nSPS) is 14.6. The minimum Gasteiger partial charge on any atom is -0.449 e. The smallest absolute Gasteiger partial charge is 0.337 e. The van der Waals surface area contributed by atoms with E-state index in [0.717, 1.165) is 24.0 Å². The molecule has 1 aliphatic rings. The molecule has 0 radical (unpaired) electrons. The van der Waals surface area contributed by atoms with Crippen LogP contribution in [0.4, 0.5) is 0 Å². The van der Waals surface area contributed by atoms with Gasteiger partial charge in [0.1, 0.15) is 11.4 Å². The number of carbonyl (C=O) groups is 1. The first kappa shape index (κ1) is 16.2. The first-order valence-electron chi connectivity index (χ1n) is 8.54. The maximum absolute atomic E-state index is 11.6. The van der Waals surface area contributed by atoms with Gasteiger partial charge < -0.3 is 10.5 Å². The predicted molar refractivity (Wildman–Crippen MR) is 97.0 cm³/mol. The van der Waals surface area contributed by atoms with Gasteiger partial charge in [-0.05, 0) is 12.8 Å². The molecule has 0 spiro atoms. The Morgan fingerprint density at radius 2 is 1.50 bits per heavy atom. The Labute approximate surface area is 151 Å². The van der Waals surface area contributed by atoms with Crippen LogP contribution in [0.15, 0.2) is 60.7 Å². The molecular weight excluding hydrogens is 328 g/mol. The molecular formula is C20H18N4O2. The van der Waals surface area contributed by atoms with Crippen LogP contribution >= 0.6 is 0 Å². The first-order chi connectivity index (χ1) is 12.7. The van der Waals surface area contributed by atoms with E-state index in [0.29, 0.717) is 11.4 Å². The second-order valence-electron chi connectivity index (χ2n) is 6.30. The minimum absolute atomic E-state index is 0.0687. The number of aromatic nitrogens is 3. The molecule has 1 heterocycles. The summed E-state index contributed by atoms with van der Waals surface area (Å²) >= 11 is 0. The Balaban J connectivity index is 1.75. The second kappa shape index (κ2) is 6.92. The Morgan fingerprint density at radius 3 is 2.04 bits per heavy atom. The Hall–Kier alpha value is -3.28. The molecule has 130 valence electrons. The molecule has 1 saturated carbocycles. The average molecular weight is 346 g/mol. The summed E-state index contributed by atoms with van der Waals surface area (Å²) < 4.78 is 5.69. The van der Waals surface area contributed by atoms with E-state index in [1.807, 2.05) is 60.7 Å². The van der Waals surface area contributed by atoms with Crippen molar-refractivity contribution in [2.24, 2.45) is 11.7 Å². The molecule has 0 saturated heterocycles. The SMILES string of the molecule is NC(=O)C(Oc1nnc(-c2ccccc2)c(-c2ccccc2)n1)C1CC1. The quantitative estimate of drug-likeness (QED) is 0.741. The summed E-state index contributed by atoms with van der Waals surface area (Å²) in [6.07, 6.45) is 1.14. The van der Waals surface area contributed by atoms with Crippen LogP contribution in [0.1, 0.15) is 12.8 Å². The molecule has 1 aliphatic carbocycles. The molecule has 26 heavy (non-hydrogen) atoms. The molecule has 6 nitrogen and oxygen atoms in total. The fraction of sp³-hybridized carbons (Fsp3) is 0.200. The van der Waals surface area contributed by atoms with Gasteiger partial charge in [-0.15, -0.1) is 5.10 Å². The largest absolute Gasteiger partial charge is 0.449 e. The molecule has 3 aromatic rings. The summed E-state index contributed by atoms with van der Waals surface area (Å²) in [6.45, 7) is 0. The topological polar surface area (TPSA) is 91.0 Å². The highest BCUT2D eigenvalue weighted by Gasteiger charge is 2.37. The molecule has 1 amide bonds. The van der Waals surface area contributed by atoms with Crippen molar-refractivity contribution in [2.45, 2.75) is 18.9 Å². The summed E-state index contributed by atoms with van der Waals surface area (Å²) in [5.41, 5.74) is 8.57. The van der Waals surface area contributed by atoms with Crippen molar-refractivity contribution in [3.05, 3.63) is 60.7 Å². The third kappa shape index (κ3) is 3.39. The van der Waals surface area contributed by atoms with Crippen molar-refractivity contribution >= 4 is 5.91 Å². The van der Waals surface area contributed by atoms with Gasteiger partial charge in [-0.25, -0.2) is 0 Å². The predicted octanol–water partition coefficient (Wildman–Crippen LogP) is 2.85. The van der Waals surface area contributed by atoms with Gasteiger partial charge in [0.25, 0.3) is 5.91 Å². The van der Waals surface area contributed by atoms with Crippen molar-refractivity contribution in [1.29, 1.82) is 0 Å². The molecule has 1 fully saturated rings. The van der Waals surface area contributed by atoms with Crippen LogP contribution in [0.25, 0.3) is 22.5 Å². The molecule has 1 atom stereocenters. The highest BCUT2D eigenvalue weighted by Crippen LogP contribution is 2.35. The fourth-order valence-corrected chi connectivity index (χ4v) is 2.85. The minimum atomic E-state index is -0.706. The number of carbonyl (C=O) groups excluding carboxylic acids is 1. The van der Waals surface area contributed by atoms with E-state index in [4.69, 9.17) is 10.5 Å². The van der Waals surface area contributed by atoms with Gasteiger partial charge in [-0.1, -0.05) is 65.8 Å². The number of hydrogen-bond acceptors (Lipinski definition) is 5. The molecule has 6 heteroatoms. The van der Waals surface area contributed by atoms with Gasteiger partial charge >= 0.3 is 6.01 Å². The van der Waals surface area contributed by atoms with Gasteiger partial charge in [-0.3, -0.25) is 4.79 Å². The number of amides is 1. The molecule has 0 aliphatic heterocycles. The third-order valence-corrected chi connectivity index (χ3v) is 4.32. The third-order valence-electron chi connectivity index (χ3n) is 4.32. The number of benzene rings is 2. The second-order valence-corrected chi connectivity index (χ2v) is 6.30. The zero-order valence-corrected chi connectivity index (χ0v) is 14.1. The zero-order chi connectivity index (χ0) is 17.9. The lowest BCUT2D eigenvalue weighted by molar-refractivity contribution is -0.125. The van der Waals surface area contributed by atoms with E-state index in [2.05, 4.69) is 15.2 Å². The Kier molecular flexibility index (Phi) is 4.31. The number of primary amides is 1. The lowest BCUT2D eigenvalue weighted by Crippen LogP contribution is -2.36. The van der Waals surface area contributed by atoms with E-state index in [-0.39, 0.29) is 11.9 Å². The first-order valence-corrected chi connectivity index (χ1v) is 8.54. The van der Waals surface area contributed by atoms with Gasteiger partial charge in [0, 0.05) is 17.0 Å². The van der Waals surface area contributed by atoms with Crippen LogP contribution in [0.2, 0.25) is 0 Å². The van der Waals surface area contributed by atoms with Crippen LogP contribution in [-0.4, -0.2) is 27.2 Å². The van der Waals surface area contributed by atoms with Crippen molar-refractivity contribution in [2.75, 3.05) is 0 Å². The molecule has 1 aromatic heterocycles. The van der Waals surface area contributed by atoms with Crippen LogP contribution in [0, 0.1) is 5.92 Å². The van der Waals surface area contributed by atoms with Gasteiger partial charge in [0.05, 0.1) is 0 Å². The maximum atomic E-state index is 11.6. The summed E-state index contributed by atoms with van der Waals surface area (Å²) in [5.74, 6) is -0.352. The summed E-state index contributed by atoms with van der Waals surface area (Å²) in [5, 5.41) is 8.41. The van der Waals surface area contributed by atoms with Crippen LogP contribution in [-0.2, 0) is 4.79 Å². The number of nitrogens with zero attached hydrogens (tertiary/aromatic N) is 3. The summed E-state index contributed by atoms with van der Waals surface area (Å²) in [7, 11) is 0. The van der Waals surface area contributed by atoms with Crippen LogP contribution in [0.5, 0.6) is 6.01 Å². The van der Waals surface area contributed by atoms with Crippen molar-refractivity contribution < 1.29 is 9.53 Å². The van der Waals surface area contributed by atoms with E-state index in [1.54, 1.807) is 0 Å². The molecule has 2 N–H and O–H groups in total. The van der Waals surface area contributed by atoms with Crippen LogP contribution < -0.4 is 10.5 Å². The Bertz CT molecular complexity index is 912. The highest BCUT2D eigenvalue weighted by molar-refractivity contribution is 5.80. The highest BCUT2D eigenvalue weighted by atomic mass is 16.5. The van der Waals surface area contributed by atoms with Crippen molar-refractivity contribution in [3.8, 4) is 28.5 Å². The standard InChI is InChI=1S/C20H18N4O2/c21-19(25)18(15-11-12-15)26-20-22-16(13-7-3-1-4-8-13)17(23-24-20)14-9-5-2-6-10-14/h1-10,15,18H,11-12H2,(H2,21,25). The van der Waals surface area contributed by atoms with E-state index in [1.165, 1.54) is 0 Å². The molecule has 2 aromatic carbocycles. The Morgan fingerprint density at radius 1 is 0.923 bits per heavy atom. The molecule has 1 unspecified atom stereocenters. The number of hydrogen-bond donors (Lipinski definition) is 1. The van der Waals surface area contributed by atoms with Crippen LogP contribution in [0.3, 0.4) is 0 Å². The van der Waals surface area contributed by atoms with E-state index in [9.17, 15) is 4.79 Å². The summed E-state index contributed by atoms with van der Waals surface area (Å²) in [6, 6.07) is 19.5.